The second-order valence-corrected chi connectivity index (χ2v) is 6.58. The fourth-order valence-corrected chi connectivity index (χ4v) is 3.76. The number of hydrogen-bond acceptors (Lipinski definition) is 6. The molecule has 0 aliphatic carbocycles. The molecule has 0 aliphatic rings. The van der Waals surface area contributed by atoms with Crippen LogP contribution in [0.2, 0.25) is 0 Å². The van der Waals surface area contributed by atoms with E-state index in [9.17, 15) is 4.79 Å². The number of benzene rings is 1. The van der Waals surface area contributed by atoms with Gasteiger partial charge in [-0.15, -0.1) is 22.7 Å². The number of anilines is 1. The zero-order valence-electron chi connectivity index (χ0n) is 11.8. The molecule has 0 spiro atoms. The number of rotatable bonds is 3. The van der Waals surface area contributed by atoms with E-state index in [1.54, 1.807) is 35.7 Å². The van der Waals surface area contributed by atoms with Gasteiger partial charge in [0.2, 0.25) is 0 Å². The van der Waals surface area contributed by atoms with E-state index in [-0.39, 0.29) is 5.91 Å². The lowest BCUT2D eigenvalue weighted by Crippen LogP contribution is -2.13. The number of nitrogens with one attached hydrogen (secondary N) is 1. The van der Waals surface area contributed by atoms with Crippen LogP contribution in [0, 0.1) is 0 Å². The molecule has 0 atom stereocenters. The molecular formula is C16H10N4OS2. The molecule has 0 saturated carbocycles. The largest absolute Gasteiger partial charge is 0.296 e. The van der Waals surface area contributed by atoms with Crippen molar-refractivity contribution in [2.24, 2.45) is 0 Å². The Morgan fingerprint density at radius 1 is 1.04 bits per heavy atom. The van der Waals surface area contributed by atoms with Gasteiger partial charge in [-0.25, -0.2) is 9.97 Å². The van der Waals surface area contributed by atoms with Gasteiger partial charge in [0.25, 0.3) is 5.91 Å². The Labute approximate surface area is 139 Å². The molecule has 5 nitrogen and oxygen atoms in total. The van der Waals surface area contributed by atoms with Crippen molar-refractivity contribution in [3.05, 3.63) is 59.7 Å². The van der Waals surface area contributed by atoms with Crippen molar-refractivity contribution in [2.75, 3.05) is 5.32 Å². The SMILES string of the molecule is O=C(Nc1nc(-c2nc3ccccc3s2)cs1)c1ccccn1. The Balaban J connectivity index is 1.58. The van der Waals surface area contributed by atoms with Crippen LogP contribution in [-0.2, 0) is 0 Å². The van der Waals surface area contributed by atoms with Gasteiger partial charge in [0.15, 0.2) is 5.13 Å². The number of carbonyl (C=O) groups is 1. The highest BCUT2D eigenvalue weighted by Gasteiger charge is 2.13. The fourth-order valence-electron chi connectivity index (χ4n) is 2.07. The van der Waals surface area contributed by atoms with Gasteiger partial charge in [-0.05, 0) is 24.3 Å². The number of hydrogen-bond donors (Lipinski definition) is 1. The second kappa shape index (κ2) is 5.86. The number of carbonyl (C=O) groups excluding carboxylic acids is 1. The molecule has 0 fully saturated rings. The van der Waals surface area contributed by atoms with E-state index in [1.807, 2.05) is 29.6 Å². The molecule has 0 unspecified atom stereocenters. The summed E-state index contributed by atoms with van der Waals surface area (Å²) < 4.78 is 1.12. The predicted molar refractivity (Wildman–Crippen MR) is 92.9 cm³/mol. The first-order valence-corrected chi connectivity index (χ1v) is 8.53. The Hall–Kier alpha value is -2.64. The Morgan fingerprint density at radius 2 is 1.91 bits per heavy atom. The predicted octanol–water partition coefficient (Wildman–Crippen LogP) is 4.07. The van der Waals surface area contributed by atoms with Crippen LogP contribution in [0.15, 0.2) is 54.0 Å². The lowest BCUT2D eigenvalue weighted by Gasteiger charge is -1.99. The van der Waals surface area contributed by atoms with Gasteiger partial charge in [-0.1, -0.05) is 18.2 Å². The van der Waals surface area contributed by atoms with E-state index < -0.39 is 0 Å². The van der Waals surface area contributed by atoms with Gasteiger partial charge >= 0.3 is 0 Å². The van der Waals surface area contributed by atoms with Crippen molar-refractivity contribution in [3.63, 3.8) is 0 Å². The van der Waals surface area contributed by atoms with Crippen LogP contribution in [0.5, 0.6) is 0 Å². The van der Waals surface area contributed by atoms with Crippen LogP contribution in [0.3, 0.4) is 0 Å². The fraction of sp³-hybridized carbons (Fsp3) is 0. The normalized spacial score (nSPS) is 10.8. The van der Waals surface area contributed by atoms with Crippen LogP contribution in [0.1, 0.15) is 10.5 Å². The van der Waals surface area contributed by atoms with Gasteiger partial charge in [0.1, 0.15) is 16.4 Å². The summed E-state index contributed by atoms with van der Waals surface area (Å²) in [5.41, 5.74) is 2.09. The minimum Gasteiger partial charge on any atom is -0.296 e. The van der Waals surface area contributed by atoms with E-state index in [0.717, 1.165) is 20.9 Å². The maximum absolute atomic E-state index is 12.1. The molecule has 0 radical (unpaired) electrons. The summed E-state index contributed by atoms with van der Waals surface area (Å²) >= 11 is 2.96. The molecule has 1 N–H and O–H groups in total. The summed E-state index contributed by atoms with van der Waals surface area (Å²) in [6.45, 7) is 0. The number of nitrogens with zero attached hydrogens (tertiary/aromatic N) is 3. The summed E-state index contributed by atoms with van der Waals surface area (Å²) in [5, 5.41) is 6.04. The van der Waals surface area contributed by atoms with Gasteiger partial charge < -0.3 is 0 Å². The van der Waals surface area contributed by atoms with Crippen LogP contribution in [0.25, 0.3) is 20.9 Å². The molecule has 7 heteroatoms. The smallest absolute Gasteiger partial charge is 0.276 e. The zero-order valence-corrected chi connectivity index (χ0v) is 13.4. The van der Waals surface area contributed by atoms with Crippen molar-refractivity contribution in [3.8, 4) is 10.7 Å². The number of para-hydroxylation sites is 1. The third kappa shape index (κ3) is 2.84. The summed E-state index contributed by atoms with van der Waals surface area (Å²) in [7, 11) is 0. The van der Waals surface area contributed by atoms with E-state index >= 15 is 0 Å². The molecule has 3 aromatic heterocycles. The first-order chi connectivity index (χ1) is 11.3. The van der Waals surface area contributed by atoms with Crippen LogP contribution < -0.4 is 5.32 Å². The van der Waals surface area contributed by atoms with Crippen molar-refractivity contribution in [1.82, 2.24) is 15.0 Å². The second-order valence-electron chi connectivity index (χ2n) is 4.69. The van der Waals surface area contributed by atoms with Crippen molar-refractivity contribution >= 4 is 43.9 Å². The standard InChI is InChI=1S/C16H10N4OS2/c21-14(11-6-3-4-8-17-11)20-16-19-12(9-22-16)15-18-10-5-1-2-7-13(10)23-15/h1-9H,(H,19,20,21). The van der Waals surface area contributed by atoms with Gasteiger partial charge in [0.05, 0.1) is 10.2 Å². The Bertz CT molecular complexity index is 945. The first-order valence-electron chi connectivity index (χ1n) is 6.83. The van der Waals surface area contributed by atoms with Crippen molar-refractivity contribution in [2.45, 2.75) is 0 Å². The summed E-state index contributed by atoms with van der Waals surface area (Å²) in [4.78, 5) is 25.1. The third-order valence-corrected chi connectivity index (χ3v) is 4.95. The number of aromatic nitrogens is 3. The average molecular weight is 338 g/mol. The van der Waals surface area contributed by atoms with E-state index in [4.69, 9.17) is 0 Å². The monoisotopic (exact) mass is 338 g/mol. The molecule has 4 aromatic rings. The van der Waals surface area contributed by atoms with E-state index in [2.05, 4.69) is 20.3 Å². The van der Waals surface area contributed by atoms with Crippen LogP contribution in [0.4, 0.5) is 5.13 Å². The molecule has 4 rings (SSSR count). The van der Waals surface area contributed by atoms with E-state index in [1.165, 1.54) is 11.3 Å². The molecule has 112 valence electrons. The molecule has 1 amide bonds. The van der Waals surface area contributed by atoms with Gasteiger partial charge in [-0.3, -0.25) is 15.1 Å². The lowest BCUT2D eigenvalue weighted by molar-refractivity contribution is 0.102. The highest BCUT2D eigenvalue weighted by molar-refractivity contribution is 7.22. The van der Waals surface area contributed by atoms with Gasteiger partial charge in [-0.2, -0.15) is 0 Å². The van der Waals surface area contributed by atoms with Crippen molar-refractivity contribution in [1.29, 1.82) is 0 Å². The highest BCUT2D eigenvalue weighted by atomic mass is 32.1. The third-order valence-electron chi connectivity index (χ3n) is 3.14. The molecule has 1 aromatic carbocycles. The average Bonchev–Trinajstić information content (AvgIpc) is 3.21. The maximum Gasteiger partial charge on any atom is 0.276 e. The molecule has 23 heavy (non-hydrogen) atoms. The molecular weight excluding hydrogens is 328 g/mol. The van der Waals surface area contributed by atoms with Crippen molar-refractivity contribution < 1.29 is 4.79 Å². The highest BCUT2D eigenvalue weighted by Crippen LogP contribution is 2.31. The summed E-state index contributed by atoms with van der Waals surface area (Å²) in [5.74, 6) is -0.268. The molecule has 0 saturated heterocycles. The number of pyridine rings is 1. The summed E-state index contributed by atoms with van der Waals surface area (Å²) in [6.07, 6.45) is 1.59. The van der Waals surface area contributed by atoms with E-state index in [0.29, 0.717) is 10.8 Å². The molecule has 3 heterocycles. The Kier molecular flexibility index (Phi) is 3.57. The Morgan fingerprint density at radius 3 is 2.74 bits per heavy atom. The molecule has 0 bridgehead atoms. The number of fused-ring (bicyclic) bond motifs is 1. The van der Waals surface area contributed by atoms with Gasteiger partial charge in [0, 0.05) is 11.6 Å². The quantitative estimate of drug-likeness (QED) is 0.611. The minimum atomic E-state index is -0.268. The molecule has 0 aliphatic heterocycles. The zero-order chi connectivity index (χ0) is 15.6. The number of thiazole rings is 2. The summed E-state index contributed by atoms with van der Waals surface area (Å²) in [6, 6.07) is 13.2. The van der Waals surface area contributed by atoms with Crippen LogP contribution in [-0.4, -0.2) is 20.9 Å². The first kappa shape index (κ1) is 14.0. The lowest BCUT2D eigenvalue weighted by atomic mass is 10.3. The maximum atomic E-state index is 12.1. The minimum absolute atomic E-state index is 0.268. The number of amides is 1. The topological polar surface area (TPSA) is 67.8 Å². The van der Waals surface area contributed by atoms with Crippen LogP contribution >= 0.6 is 22.7 Å².